The van der Waals surface area contributed by atoms with Crippen molar-refractivity contribution in [1.29, 1.82) is 0 Å². The van der Waals surface area contributed by atoms with Gasteiger partial charge in [-0.15, -0.1) is 11.3 Å². The molecule has 0 saturated heterocycles. The van der Waals surface area contributed by atoms with Gasteiger partial charge in [-0.05, 0) is 25.5 Å². The molecule has 0 radical (unpaired) electrons. The molecule has 1 aromatic carbocycles. The first-order valence-electron chi connectivity index (χ1n) is 7.60. The summed E-state index contributed by atoms with van der Waals surface area (Å²) in [5.41, 5.74) is 3.36. The maximum absolute atomic E-state index is 12.4. The van der Waals surface area contributed by atoms with E-state index in [-0.39, 0.29) is 16.9 Å². The lowest BCUT2D eigenvalue weighted by Crippen LogP contribution is -2.15. The summed E-state index contributed by atoms with van der Waals surface area (Å²) in [5, 5.41) is 18.0. The number of benzene rings is 1. The van der Waals surface area contributed by atoms with Gasteiger partial charge in [0.15, 0.2) is 5.69 Å². The highest BCUT2D eigenvalue weighted by molar-refractivity contribution is 7.14. The second-order valence-corrected chi connectivity index (χ2v) is 6.65. The lowest BCUT2D eigenvalue weighted by molar-refractivity contribution is 0.0699. The zero-order valence-electron chi connectivity index (χ0n) is 14.0. The molecule has 6 nitrogen and oxygen atoms in total. The van der Waals surface area contributed by atoms with Gasteiger partial charge in [-0.3, -0.25) is 9.48 Å². The summed E-state index contributed by atoms with van der Waals surface area (Å²) in [5.74, 6) is -1.51. The Bertz CT molecular complexity index is 935. The molecule has 25 heavy (non-hydrogen) atoms. The molecule has 0 bridgehead atoms. The van der Waals surface area contributed by atoms with Gasteiger partial charge in [0, 0.05) is 18.1 Å². The van der Waals surface area contributed by atoms with E-state index in [0.29, 0.717) is 4.88 Å². The Morgan fingerprint density at radius 3 is 2.44 bits per heavy atom. The second kappa shape index (κ2) is 6.52. The van der Waals surface area contributed by atoms with Crippen LogP contribution in [-0.2, 0) is 7.05 Å². The molecule has 0 saturated carbocycles. The molecular weight excluding hydrogens is 338 g/mol. The van der Waals surface area contributed by atoms with Crippen molar-refractivity contribution < 1.29 is 14.7 Å². The van der Waals surface area contributed by atoms with E-state index in [0.717, 1.165) is 16.8 Å². The average molecular weight is 355 g/mol. The van der Waals surface area contributed by atoms with E-state index in [1.165, 1.54) is 11.3 Å². The molecule has 128 valence electrons. The third-order valence-electron chi connectivity index (χ3n) is 3.91. The highest BCUT2D eigenvalue weighted by Crippen LogP contribution is 2.36. The zero-order valence-corrected chi connectivity index (χ0v) is 14.8. The fourth-order valence-corrected chi connectivity index (χ4v) is 3.44. The van der Waals surface area contributed by atoms with Crippen LogP contribution in [0.15, 0.2) is 35.7 Å². The minimum absolute atomic E-state index is 0.0925. The Balaban J connectivity index is 1.95. The molecule has 0 spiro atoms. The maximum Gasteiger partial charge on any atom is 0.339 e. The van der Waals surface area contributed by atoms with Gasteiger partial charge < -0.3 is 10.4 Å². The van der Waals surface area contributed by atoms with Crippen LogP contribution in [0.2, 0.25) is 0 Å². The Kier molecular flexibility index (Phi) is 4.41. The van der Waals surface area contributed by atoms with Gasteiger partial charge in [0.1, 0.15) is 5.56 Å². The smallest absolute Gasteiger partial charge is 0.339 e. The molecule has 0 aliphatic rings. The van der Waals surface area contributed by atoms with Crippen molar-refractivity contribution in [3.63, 3.8) is 0 Å². The second-order valence-electron chi connectivity index (χ2n) is 5.77. The van der Waals surface area contributed by atoms with Crippen molar-refractivity contribution in [1.82, 2.24) is 9.78 Å². The van der Waals surface area contributed by atoms with Gasteiger partial charge in [-0.25, -0.2) is 4.79 Å². The van der Waals surface area contributed by atoms with Gasteiger partial charge >= 0.3 is 5.97 Å². The van der Waals surface area contributed by atoms with Crippen LogP contribution in [0.25, 0.3) is 10.4 Å². The van der Waals surface area contributed by atoms with E-state index in [1.54, 1.807) is 23.2 Å². The van der Waals surface area contributed by atoms with Crippen LogP contribution in [-0.4, -0.2) is 26.8 Å². The Morgan fingerprint density at radius 2 is 1.88 bits per heavy atom. The van der Waals surface area contributed by atoms with E-state index in [4.69, 9.17) is 0 Å². The Labute approximate surface area is 148 Å². The van der Waals surface area contributed by atoms with Crippen LogP contribution in [0.3, 0.4) is 0 Å². The number of aryl methyl sites for hydroxylation is 3. The van der Waals surface area contributed by atoms with Gasteiger partial charge in [-0.1, -0.05) is 29.8 Å². The van der Waals surface area contributed by atoms with Crippen molar-refractivity contribution in [3.8, 4) is 10.4 Å². The average Bonchev–Trinajstić information content (AvgIpc) is 3.12. The first-order valence-corrected chi connectivity index (χ1v) is 8.48. The Morgan fingerprint density at radius 1 is 1.20 bits per heavy atom. The minimum Gasteiger partial charge on any atom is -0.478 e. The summed E-state index contributed by atoms with van der Waals surface area (Å²) in [6.07, 6.45) is 0. The predicted octanol–water partition coefficient (Wildman–Crippen LogP) is 3.72. The summed E-state index contributed by atoms with van der Waals surface area (Å²) in [6, 6.07) is 9.26. The van der Waals surface area contributed by atoms with Crippen LogP contribution in [0.5, 0.6) is 0 Å². The number of carboxylic acid groups (broad SMARTS) is 1. The van der Waals surface area contributed by atoms with Crippen molar-refractivity contribution >= 4 is 28.9 Å². The number of aromatic carboxylic acids is 1. The molecule has 2 heterocycles. The lowest BCUT2D eigenvalue weighted by Gasteiger charge is -2.05. The number of carboxylic acids is 1. The number of anilines is 1. The number of carbonyl (C=O) groups is 2. The largest absolute Gasteiger partial charge is 0.478 e. The molecule has 2 aromatic heterocycles. The number of rotatable bonds is 4. The number of nitrogens with one attached hydrogen (secondary N) is 1. The van der Waals surface area contributed by atoms with E-state index < -0.39 is 11.9 Å². The fraction of sp³-hybridized carbons (Fsp3) is 0.167. The summed E-state index contributed by atoms with van der Waals surface area (Å²) < 4.78 is 1.60. The number of hydrogen-bond acceptors (Lipinski definition) is 4. The minimum atomic E-state index is -1.08. The highest BCUT2D eigenvalue weighted by Gasteiger charge is 2.22. The monoisotopic (exact) mass is 355 g/mol. The first kappa shape index (κ1) is 16.9. The van der Waals surface area contributed by atoms with Gasteiger partial charge in [0.25, 0.3) is 5.91 Å². The van der Waals surface area contributed by atoms with E-state index >= 15 is 0 Å². The summed E-state index contributed by atoms with van der Waals surface area (Å²) in [4.78, 5) is 24.7. The maximum atomic E-state index is 12.4. The van der Waals surface area contributed by atoms with Crippen LogP contribution in [0, 0.1) is 13.8 Å². The van der Waals surface area contributed by atoms with Crippen LogP contribution in [0.4, 0.5) is 5.69 Å². The lowest BCUT2D eigenvalue weighted by atomic mass is 10.1. The number of carbonyl (C=O) groups excluding carboxylic acids is 1. The van der Waals surface area contributed by atoms with Gasteiger partial charge in [0.2, 0.25) is 0 Å². The van der Waals surface area contributed by atoms with E-state index in [1.807, 2.05) is 38.1 Å². The van der Waals surface area contributed by atoms with Crippen molar-refractivity contribution in [3.05, 3.63) is 58.2 Å². The van der Waals surface area contributed by atoms with Gasteiger partial charge in [-0.2, -0.15) is 5.10 Å². The van der Waals surface area contributed by atoms with Crippen LogP contribution >= 0.6 is 11.3 Å². The third kappa shape index (κ3) is 3.32. The normalized spacial score (nSPS) is 10.7. The highest BCUT2D eigenvalue weighted by atomic mass is 32.1. The molecular formula is C18H17N3O3S. The number of hydrogen-bond donors (Lipinski definition) is 2. The zero-order chi connectivity index (χ0) is 18.1. The summed E-state index contributed by atoms with van der Waals surface area (Å²) in [7, 11) is 1.74. The number of nitrogens with zero attached hydrogens (tertiary/aromatic N) is 2. The molecule has 7 heteroatoms. The van der Waals surface area contributed by atoms with Gasteiger partial charge in [0.05, 0.1) is 10.6 Å². The molecule has 0 aliphatic heterocycles. The van der Waals surface area contributed by atoms with Crippen LogP contribution < -0.4 is 5.32 Å². The van der Waals surface area contributed by atoms with Crippen molar-refractivity contribution in [2.45, 2.75) is 13.8 Å². The molecule has 0 atom stereocenters. The molecule has 3 rings (SSSR count). The quantitative estimate of drug-likeness (QED) is 0.747. The Hall–Kier alpha value is -2.93. The van der Waals surface area contributed by atoms with Crippen molar-refractivity contribution in [2.24, 2.45) is 7.05 Å². The standard InChI is InChI=1S/C18H17N3O3S/c1-10-4-6-12(7-5-10)16-15(18(23)24)14(9-25-16)19-17(22)13-8-11(2)21(3)20-13/h4-9H,1-3H3,(H,19,22)(H,23,24). The molecule has 2 N–H and O–H groups in total. The molecule has 1 amide bonds. The number of aromatic nitrogens is 2. The fourth-order valence-electron chi connectivity index (χ4n) is 2.44. The molecule has 0 unspecified atom stereocenters. The predicted molar refractivity (Wildman–Crippen MR) is 97.3 cm³/mol. The van der Waals surface area contributed by atoms with E-state index in [9.17, 15) is 14.7 Å². The van der Waals surface area contributed by atoms with Crippen LogP contribution in [0.1, 0.15) is 32.1 Å². The van der Waals surface area contributed by atoms with E-state index in [2.05, 4.69) is 10.4 Å². The SMILES string of the molecule is Cc1ccc(-c2scc(NC(=O)c3cc(C)n(C)n3)c2C(=O)O)cc1. The third-order valence-corrected chi connectivity index (χ3v) is 4.94. The summed E-state index contributed by atoms with van der Waals surface area (Å²) in [6.45, 7) is 3.81. The number of thiophene rings is 1. The topological polar surface area (TPSA) is 84.2 Å². The molecule has 3 aromatic rings. The summed E-state index contributed by atoms with van der Waals surface area (Å²) >= 11 is 1.29. The number of amides is 1. The molecule has 0 fully saturated rings. The molecule has 0 aliphatic carbocycles. The van der Waals surface area contributed by atoms with Crippen molar-refractivity contribution in [2.75, 3.05) is 5.32 Å². The first-order chi connectivity index (χ1) is 11.9.